The standard InChI is InChI=1S/C22H30N2O3/c1-18(2)14-21(22(27-3)17-24(25)26)23(15-19-10-6-4-7-11-19)16-20-12-8-5-9-13-20/h4-13,18,21-22H,14-17H2,1-3H3/t21-,22?/m0/s1. The van der Waals surface area contributed by atoms with Crippen molar-refractivity contribution in [3.8, 4) is 0 Å². The van der Waals surface area contributed by atoms with Gasteiger partial charge in [0.2, 0.25) is 6.54 Å². The molecule has 27 heavy (non-hydrogen) atoms. The Kier molecular flexibility index (Phi) is 8.43. The van der Waals surface area contributed by atoms with Gasteiger partial charge in [-0.3, -0.25) is 15.0 Å². The van der Waals surface area contributed by atoms with Crippen LogP contribution in [-0.2, 0) is 17.8 Å². The number of hydrogen-bond donors (Lipinski definition) is 0. The van der Waals surface area contributed by atoms with E-state index < -0.39 is 6.10 Å². The fourth-order valence-electron chi connectivity index (χ4n) is 3.45. The van der Waals surface area contributed by atoms with Gasteiger partial charge in [0, 0.05) is 31.2 Å². The van der Waals surface area contributed by atoms with Crippen LogP contribution in [0.15, 0.2) is 60.7 Å². The van der Waals surface area contributed by atoms with Gasteiger partial charge in [0.1, 0.15) is 6.10 Å². The fourth-order valence-corrected chi connectivity index (χ4v) is 3.45. The zero-order valence-electron chi connectivity index (χ0n) is 16.5. The van der Waals surface area contributed by atoms with E-state index >= 15 is 0 Å². The van der Waals surface area contributed by atoms with Crippen LogP contribution >= 0.6 is 0 Å². The normalized spacial score (nSPS) is 13.7. The molecule has 2 aromatic carbocycles. The quantitative estimate of drug-likeness (QED) is 0.435. The minimum atomic E-state index is -0.449. The minimum absolute atomic E-state index is 0.0409. The van der Waals surface area contributed by atoms with E-state index in [1.807, 2.05) is 36.4 Å². The highest BCUT2D eigenvalue weighted by Crippen LogP contribution is 2.22. The Morgan fingerprint density at radius 1 is 0.963 bits per heavy atom. The third-order valence-electron chi connectivity index (χ3n) is 4.70. The van der Waals surface area contributed by atoms with Crippen LogP contribution in [0.1, 0.15) is 31.4 Å². The monoisotopic (exact) mass is 370 g/mol. The molecule has 0 spiro atoms. The van der Waals surface area contributed by atoms with Crippen LogP contribution in [-0.4, -0.2) is 35.6 Å². The summed E-state index contributed by atoms with van der Waals surface area (Å²) in [5, 5.41) is 11.2. The largest absolute Gasteiger partial charge is 0.373 e. The molecule has 146 valence electrons. The molecule has 5 nitrogen and oxygen atoms in total. The summed E-state index contributed by atoms with van der Waals surface area (Å²) in [6, 6.07) is 20.5. The van der Waals surface area contributed by atoms with Crippen molar-refractivity contribution >= 4 is 0 Å². The predicted octanol–water partition coefficient (Wildman–Crippen LogP) is 4.40. The summed E-state index contributed by atoms with van der Waals surface area (Å²) in [6.45, 7) is 5.56. The van der Waals surface area contributed by atoms with Gasteiger partial charge in [-0.05, 0) is 23.5 Å². The van der Waals surface area contributed by atoms with Gasteiger partial charge in [-0.15, -0.1) is 0 Å². The van der Waals surface area contributed by atoms with Crippen LogP contribution in [0.4, 0.5) is 0 Å². The smallest absolute Gasteiger partial charge is 0.231 e. The maximum Gasteiger partial charge on any atom is 0.231 e. The molecule has 0 aliphatic carbocycles. The summed E-state index contributed by atoms with van der Waals surface area (Å²) in [5.74, 6) is 0.411. The summed E-state index contributed by atoms with van der Waals surface area (Å²) < 4.78 is 5.60. The summed E-state index contributed by atoms with van der Waals surface area (Å²) in [6.07, 6.45) is 0.390. The van der Waals surface area contributed by atoms with E-state index in [4.69, 9.17) is 4.74 Å². The summed E-state index contributed by atoms with van der Waals surface area (Å²) in [5.41, 5.74) is 2.39. The molecule has 0 amide bonds. The van der Waals surface area contributed by atoms with Crippen molar-refractivity contribution in [2.45, 2.75) is 45.5 Å². The molecule has 0 aliphatic heterocycles. The second-order valence-electron chi connectivity index (χ2n) is 7.36. The highest BCUT2D eigenvalue weighted by molar-refractivity contribution is 5.17. The second kappa shape index (κ2) is 10.8. The Balaban J connectivity index is 2.32. The van der Waals surface area contributed by atoms with E-state index in [9.17, 15) is 10.1 Å². The second-order valence-corrected chi connectivity index (χ2v) is 7.36. The van der Waals surface area contributed by atoms with Gasteiger partial charge >= 0.3 is 0 Å². The maximum atomic E-state index is 11.2. The summed E-state index contributed by atoms with van der Waals surface area (Å²) >= 11 is 0. The first kappa shape index (κ1) is 21.1. The average molecular weight is 370 g/mol. The van der Waals surface area contributed by atoms with E-state index in [1.54, 1.807) is 7.11 Å². The molecule has 0 heterocycles. The topological polar surface area (TPSA) is 55.6 Å². The number of methoxy groups -OCH3 is 1. The molecule has 0 aliphatic rings. The van der Waals surface area contributed by atoms with Gasteiger partial charge in [-0.2, -0.15) is 0 Å². The highest BCUT2D eigenvalue weighted by atomic mass is 16.6. The molecule has 2 atom stereocenters. The third-order valence-corrected chi connectivity index (χ3v) is 4.70. The van der Waals surface area contributed by atoms with Crippen molar-refractivity contribution in [3.63, 3.8) is 0 Å². The first-order valence-electron chi connectivity index (χ1n) is 9.46. The van der Waals surface area contributed by atoms with Crippen molar-refractivity contribution in [1.82, 2.24) is 4.90 Å². The van der Waals surface area contributed by atoms with Gasteiger partial charge < -0.3 is 4.74 Å². The van der Waals surface area contributed by atoms with E-state index in [0.717, 1.165) is 19.5 Å². The summed E-state index contributed by atoms with van der Waals surface area (Å²) in [7, 11) is 1.57. The van der Waals surface area contributed by atoms with Crippen LogP contribution in [0.2, 0.25) is 0 Å². The average Bonchev–Trinajstić information content (AvgIpc) is 2.65. The lowest BCUT2D eigenvalue weighted by Gasteiger charge is -2.36. The number of nitro groups is 1. The zero-order valence-corrected chi connectivity index (χ0v) is 16.5. The van der Waals surface area contributed by atoms with Gasteiger partial charge in [-0.25, -0.2) is 0 Å². The number of hydrogen-bond acceptors (Lipinski definition) is 4. The first-order chi connectivity index (χ1) is 13.0. The molecule has 0 N–H and O–H groups in total. The lowest BCUT2D eigenvalue weighted by molar-refractivity contribution is -0.492. The van der Waals surface area contributed by atoms with Gasteiger partial charge in [-0.1, -0.05) is 74.5 Å². The van der Waals surface area contributed by atoms with Gasteiger partial charge in [0.15, 0.2) is 0 Å². The predicted molar refractivity (Wildman–Crippen MR) is 108 cm³/mol. The van der Waals surface area contributed by atoms with Crippen molar-refractivity contribution in [3.05, 3.63) is 81.9 Å². The van der Waals surface area contributed by atoms with Crippen LogP contribution in [0, 0.1) is 16.0 Å². The zero-order chi connectivity index (χ0) is 19.6. The van der Waals surface area contributed by atoms with Crippen LogP contribution < -0.4 is 0 Å². The van der Waals surface area contributed by atoms with Crippen molar-refractivity contribution in [2.75, 3.05) is 13.7 Å². The van der Waals surface area contributed by atoms with E-state index in [-0.39, 0.29) is 17.5 Å². The third kappa shape index (κ3) is 7.12. The molecule has 0 radical (unpaired) electrons. The lowest BCUT2D eigenvalue weighted by atomic mass is 9.96. The number of nitrogens with zero attached hydrogens (tertiary/aromatic N) is 2. The van der Waals surface area contributed by atoms with Crippen LogP contribution in [0.5, 0.6) is 0 Å². The van der Waals surface area contributed by atoms with E-state index in [0.29, 0.717) is 5.92 Å². The molecule has 0 bridgehead atoms. The van der Waals surface area contributed by atoms with Crippen molar-refractivity contribution < 1.29 is 9.66 Å². The number of ether oxygens (including phenoxy) is 1. The Morgan fingerprint density at radius 3 is 1.81 bits per heavy atom. The maximum absolute atomic E-state index is 11.2. The minimum Gasteiger partial charge on any atom is -0.373 e. The lowest BCUT2D eigenvalue weighted by Crippen LogP contribution is -2.47. The molecule has 1 unspecified atom stereocenters. The molecular weight excluding hydrogens is 340 g/mol. The first-order valence-corrected chi connectivity index (χ1v) is 9.46. The molecule has 5 heteroatoms. The van der Waals surface area contributed by atoms with Crippen molar-refractivity contribution in [1.29, 1.82) is 0 Å². The fraction of sp³-hybridized carbons (Fsp3) is 0.455. The van der Waals surface area contributed by atoms with Crippen molar-refractivity contribution in [2.24, 2.45) is 5.92 Å². The van der Waals surface area contributed by atoms with Gasteiger partial charge in [0.05, 0.1) is 0 Å². The molecule has 0 aromatic heterocycles. The molecular formula is C22H30N2O3. The molecule has 0 fully saturated rings. The molecule has 0 saturated carbocycles. The SMILES string of the molecule is COC(C[N+](=O)[O-])[C@H](CC(C)C)N(Cc1ccccc1)Cc1ccccc1. The van der Waals surface area contributed by atoms with Crippen LogP contribution in [0.3, 0.4) is 0 Å². The van der Waals surface area contributed by atoms with E-state index in [2.05, 4.69) is 43.0 Å². The van der Waals surface area contributed by atoms with E-state index in [1.165, 1.54) is 11.1 Å². The Morgan fingerprint density at radius 2 is 1.44 bits per heavy atom. The highest BCUT2D eigenvalue weighted by Gasteiger charge is 2.32. The molecule has 2 rings (SSSR count). The Bertz CT molecular complexity index is 635. The summed E-state index contributed by atoms with van der Waals surface area (Å²) in [4.78, 5) is 13.3. The molecule has 0 saturated heterocycles. The number of rotatable bonds is 11. The van der Waals surface area contributed by atoms with Crippen LogP contribution in [0.25, 0.3) is 0 Å². The number of benzene rings is 2. The Labute approximate surface area is 162 Å². The Hall–Kier alpha value is -2.24. The van der Waals surface area contributed by atoms with Gasteiger partial charge in [0.25, 0.3) is 0 Å². The molecule has 2 aromatic rings.